The summed E-state index contributed by atoms with van der Waals surface area (Å²) in [6.07, 6.45) is 6.23. The van der Waals surface area contributed by atoms with Crippen molar-refractivity contribution in [1.29, 1.82) is 5.26 Å². The van der Waals surface area contributed by atoms with Gasteiger partial charge in [-0.05, 0) is 58.0 Å². The molecule has 2 rings (SSSR count). The molecule has 1 unspecified atom stereocenters. The molecular formula is C17H32N4. The van der Waals surface area contributed by atoms with Crippen molar-refractivity contribution in [3.63, 3.8) is 0 Å². The molecule has 0 aromatic carbocycles. The van der Waals surface area contributed by atoms with Gasteiger partial charge >= 0.3 is 0 Å². The van der Waals surface area contributed by atoms with Gasteiger partial charge in [-0.25, -0.2) is 0 Å². The SMILES string of the molecule is CCNC(C)(C#N)CCCCN1CCN(CC2CC2)CC1. The van der Waals surface area contributed by atoms with E-state index in [-0.39, 0.29) is 5.54 Å². The lowest BCUT2D eigenvalue weighted by molar-refractivity contribution is 0.126. The molecule has 0 bridgehead atoms. The van der Waals surface area contributed by atoms with Gasteiger partial charge in [0.2, 0.25) is 0 Å². The number of unbranched alkanes of at least 4 members (excludes halogenated alkanes) is 1. The zero-order chi connectivity index (χ0) is 15.1. The summed E-state index contributed by atoms with van der Waals surface area (Å²) in [4.78, 5) is 5.24. The predicted molar refractivity (Wildman–Crippen MR) is 87.1 cm³/mol. The van der Waals surface area contributed by atoms with E-state index in [1.54, 1.807) is 0 Å². The van der Waals surface area contributed by atoms with Crippen LogP contribution in [0.3, 0.4) is 0 Å². The molecule has 0 spiro atoms. The quantitative estimate of drug-likeness (QED) is 0.661. The number of hydrogen-bond acceptors (Lipinski definition) is 4. The molecular weight excluding hydrogens is 260 g/mol. The van der Waals surface area contributed by atoms with Crippen LogP contribution in [0.15, 0.2) is 0 Å². The molecule has 1 aliphatic heterocycles. The van der Waals surface area contributed by atoms with Crippen LogP contribution < -0.4 is 5.32 Å². The molecule has 4 nitrogen and oxygen atoms in total. The fraction of sp³-hybridized carbons (Fsp3) is 0.941. The van der Waals surface area contributed by atoms with Crippen molar-refractivity contribution in [2.75, 3.05) is 45.8 Å². The van der Waals surface area contributed by atoms with Gasteiger partial charge in [0.05, 0.1) is 6.07 Å². The summed E-state index contributed by atoms with van der Waals surface area (Å²) in [7, 11) is 0. The highest BCUT2D eigenvalue weighted by atomic mass is 15.3. The summed E-state index contributed by atoms with van der Waals surface area (Å²) in [5.41, 5.74) is -0.336. The second kappa shape index (κ2) is 8.12. The molecule has 2 aliphatic rings. The van der Waals surface area contributed by atoms with E-state index in [9.17, 15) is 5.26 Å². The topological polar surface area (TPSA) is 42.3 Å². The van der Waals surface area contributed by atoms with Crippen LogP contribution in [0, 0.1) is 17.2 Å². The van der Waals surface area contributed by atoms with Gasteiger partial charge in [-0.1, -0.05) is 6.92 Å². The molecule has 1 N–H and O–H groups in total. The number of piperazine rings is 1. The Bertz CT molecular complexity index is 339. The van der Waals surface area contributed by atoms with Crippen molar-refractivity contribution in [2.24, 2.45) is 5.92 Å². The summed E-state index contributed by atoms with van der Waals surface area (Å²) in [6.45, 7) is 12.5. The minimum atomic E-state index is -0.336. The van der Waals surface area contributed by atoms with Crippen LogP contribution in [0.2, 0.25) is 0 Å². The van der Waals surface area contributed by atoms with Crippen LogP contribution in [0.25, 0.3) is 0 Å². The Balaban J connectivity index is 1.54. The van der Waals surface area contributed by atoms with Crippen molar-refractivity contribution < 1.29 is 0 Å². The highest BCUT2D eigenvalue weighted by Crippen LogP contribution is 2.29. The van der Waals surface area contributed by atoms with Crippen LogP contribution in [0.1, 0.15) is 46.0 Å². The first kappa shape index (κ1) is 16.7. The number of nitrogens with one attached hydrogen (secondary N) is 1. The van der Waals surface area contributed by atoms with Gasteiger partial charge in [0.1, 0.15) is 5.54 Å². The Hall–Kier alpha value is -0.630. The van der Waals surface area contributed by atoms with Crippen molar-refractivity contribution in [2.45, 2.75) is 51.5 Å². The van der Waals surface area contributed by atoms with Gasteiger partial charge in [0.15, 0.2) is 0 Å². The third-order valence-corrected chi connectivity index (χ3v) is 4.89. The lowest BCUT2D eigenvalue weighted by atomic mass is 9.96. The molecule has 1 saturated heterocycles. The second-order valence-electron chi connectivity index (χ2n) is 7.02. The van der Waals surface area contributed by atoms with Crippen LogP contribution in [-0.2, 0) is 0 Å². The van der Waals surface area contributed by atoms with E-state index in [0.717, 1.165) is 25.3 Å². The lowest BCUT2D eigenvalue weighted by Crippen LogP contribution is -2.47. The van der Waals surface area contributed by atoms with E-state index in [4.69, 9.17) is 0 Å². The summed E-state index contributed by atoms with van der Waals surface area (Å²) in [6, 6.07) is 2.42. The average molecular weight is 292 g/mol. The largest absolute Gasteiger partial charge is 0.301 e. The maximum absolute atomic E-state index is 9.24. The Kier molecular flexibility index (Phi) is 6.47. The molecule has 1 saturated carbocycles. The molecule has 0 amide bonds. The Morgan fingerprint density at radius 3 is 2.38 bits per heavy atom. The molecule has 4 heteroatoms. The number of rotatable bonds is 9. The van der Waals surface area contributed by atoms with Crippen molar-refractivity contribution in [1.82, 2.24) is 15.1 Å². The maximum Gasteiger partial charge on any atom is 0.103 e. The fourth-order valence-corrected chi connectivity index (χ4v) is 3.25. The van der Waals surface area contributed by atoms with E-state index in [1.807, 2.05) is 6.92 Å². The highest BCUT2D eigenvalue weighted by Gasteiger charge is 2.26. The average Bonchev–Trinajstić information content (AvgIpc) is 3.30. The Morgan fingerprint density at radius 2 is 1.81 bits per heavy atom. The molecule has 2 fully saturated rings. The van der Waals surface area contributed by atoms with E-state index < -0.39 is 0 Å². The minimum Gasteiger partial charge on any atom is -0.301 e. The van der Waals surface area contributed by atoms with E-state index in [2.05, 4.69) is 28.1 Å². The normalized spacial score (nSPS) is 23.7. The molecule has 1 atom stereocenters. The van der Waals surface area contributed by atoms with Crippen LogP contribution in [-0.4, -0.2) is 61.2 Å². The first-order valence-electron chi connectivity index (χ1n) is 8.76. The van der Waals surface area contributed by atoms with Gasteiger partial charge in [-0.15, -0.1) is 0 Å². The zero-order valence-electron chi connectivity index (χ0n) is 13.9. The van der Waals surface area contributed by atoms with Crippen molar-refractivity contribution in [3.05, 3.63) is 0 Å². The zero-order valence-corrected chi connectivity index (χ0v) is 13.9. The summed E-state index contributed by atoms with van der Waals surface area (Å²) < 4.78 is 0. The third-order valence-electron chi connectivity index (χ3n) is 4.89. The Labute approximate surface area is 130 Å². The third kappa shape index (κ3) is 5.94. The van der Waals surface area contributed by atoms with E-state index in [0.29, 0.717) is 0 Å². The number of nitrogens with zero attached hydrogens (tertiary/aromatic N) is 3. The van der Waals surface area contributed by atoms with Crippen LogP contribution in [0.4, 0.5) is 0 Å². The fourth-order valence-electron chi connectivity index (χ4n) is 3.25. The minimum absolute atomic E-state index is 0.336. The molecule has 120 valence electrons. The van der Waals surface area contributed by atoms with Gasteiger partial charge in [0, 0.05) is 32.7 Å². The van der Waals surface area contributed by atoms with Crippen LogP contribution >= 0.6 is 0 Å². The second-order valence-corrected chi connectivity index (χ2v) is 7.02. The summed E-state index contributed by atoms with van der Waals surface area (Å²) in [5, 5.41) is 12.5. The first-order chi connectivity index (χ1) is 10.1. The van der Waals surface area contributed by atoms with Gasteiger partial charge in [-0.2, -0.15) is 5.26 Å². The molecule has 0 radical (unpaired) electrons. The molecule has 0 aromatic heterocycles. The van der Waals surface area contributed by atoms with E-state index >= 15 is 0 Å². The molecule has 0 aromatic rings. The Morgan fingerprint density at radius 1 is 1.14 bits per heavy atom. The number of nitriles is 1. The lowest BCUT2D eigenvalue weighted by Gasteiger charge is -2.35. The van der Waals surface area contributed by atoms with E-state index in [1.165, 1.54) is 58.5 Å². The van der Waals surface area contributed by atoms with Crippen molar-refractivity contribution in [3.8, 4) is 6.07 Å². The van der Waals surface area contributed by atoms with Crippen LogP contribution in [0.5, 0.6) is 0 Å². The van der Waals surface area contributed by atoms with Gasteiger partial charge in [0.25, 0.3) is 0 Å². The van der Waals surface area contributed by atoms with Crippen molar-refractivity contribution >= 4 is 0 Å². The molecule has 21 heavy (non-hydrogen) atoms. The predicted octanol–water partition coefficient (Wildman–Crippen LogP) is 2.08. The van der Waals surface area contributed by atoms with Gasteiger partial charge < -0.3 is 9.80 Å². The highest BCUT2D eigenvalue weighted by molar-refractivity contribution is 5.03. The number of hydrogen-bond donors (Lipinski definition) is 1. The standard InChI is InChI=1S/C17H32N4/c1-3-19-17(2,15-18)8-4-5-9-20-10-12-21(13-11-20)14-16-6-7-16/h16,19H,3-14H2,1-2H3. The monoisotopic (exact) mass is 292 g/mol. The molecule has 1 aliphatic carbocycles. The summed E-state index contributed by atoms with van der Waals surface area (Å²) >= 11 is 0. The molecule has 1 heterocycles. The van der Waals surface area contributed by atoms with Gasteiger partial charge in [-0.3, -0.25) is 5.32 Å². The summed E-state index contributed by atoms with van der Waals surface area (Å²) in [5.74, 6) is 1.02. The maximum atomic E-state index is 9.24. The first-order valence-corrected chi connectivity index (χ1v) is 8.76. The smallest absolute Gasteiger partial charge is 0.103 e.